The van der Waals surface area contributed by atoms with Gasteiger partial charge in [0.1, 0.15) is 6.10 Å². The van der Waals surface area contributed by atoms with Gasteiger partial charge in [0, 0.05) is 22.8 Å². The SMILES string of the molecule is C=C1C(=O)O[C@@H]2[C@@H]1CC[C@]1(C)[C@H](O)CC=C(C)[C@H]21. The summed E-state index contributed by atoms with van der Waals surface area (Å²) in [6, 6.07) is 0. The van der Waals surface area contributed by atoms with Crippen molar-refractivity contribution >= 4 is 5.97 Å². The largest absolute Gasteiger partial charge is 0.458 e. The Morgan fingerprint density at radius 3 is 3.00 bits per heavy atom. The van der Waals surface area contributed by atoms with Crippen LogP contribution in [0.5, 0.6) is 0 Å². The molecule has 3 heteroatoms. The van der Waals surface area contributed by atoms with E-state index in [1.54, 1.807) is 0 Å². The number of rotatable bonds is 0. The number of hydrogen-bond donors (Lipinski definition) is 1. The maximum atomic E-state index is 11.7. The molecule has 18 heavy (non-hydrogen) atoms. The third-order valence-electron chi connectivity index (χ3n) is 5.30. The molecule has 1 aliphatic heterocycles. The fourth-order valence-corrected chi connectivity index (χ4v) is 4.11. The molecule has 1 N–H and O–H groups in total. The zero-order valence-electron chi connectivity index (χ0n) is 11.0. The molecule has 0 amide bonds. The van der Waals surface area contributed by atoms with Crippen molar-refractivity contribution in [1.29, 1.82) is 0 Å². The van der Waals surface area contributed by atoms with Crippen LogP contribution in [-0.4, -0.2) is 23.3 Å². The third-order valence-corrected chi connectivity index (χ3v) is 5.30. The molecule has 0 radical (unpaired) electrons. The third kappa shape index (κ3) is 1.37. The average Bonchev–Trinajstić information content (AvgIpc) is 2.60. The zero-order valence-corrected chi connectivity index (χ0v) is 11.0. The molecule has 3 nitrogen and oxygen atoms in total. The van der Waals surface area contributed by atoms with Gasteiger partial charge >= 0.3 is 5.97 Å². The predicted molar refractivity (Wildman–Crippen MR) is 67.7 cm³/mol. The normalized spacial score (nSPS) is 47.2. The number of carbonyl (C=O) groups is 1. The van der Waals surface area contributed by atoms with Crippen LogP contribution in [0.2, 0.25) is 0 Å². The molecule has 0 aromatic rings. The van der Waals surface area contributed by atoms with Crippen LogP contribution in [-0.2, 0) is 9.53 Å². The van der Waals surface area contributed by atoms with Crippen molar-refractivity contribution in [2.45, 2.75) is 45.3 Å². The van der Waals surface area contributed by atoms with Gasteiger partial charge in [-0.1, -0.05) is 25.2 Å². The van der Waals surface area contributed by atoms with Crippen molar-refractivity contribution in [1.82, 2.24) is 0 Å². The van der Waals surface area contributed by atoms with Crippen molar-refractivity contribution in [2.24, 2.45) is 17.3 Å². The molecule has 1 saturated carbocycles. The summed E-state index contributed by atoms with van der Waals surface area (Å²) in [5, 5.41) is 10.3. The molecular formula is C15H20O3. The fraction of sp³-hybridized carbons (Fsp3) is 0.667. The van der Waals surface area contributed by atoms with Gasteiger partial charge in [-0.3, -0.25) is 0 Å². The highest BCUT2D eigenvalue weighted by Gasteiger charge is 2.57. The Morgan fingerprint density at radius 1 is 1.56 bits per heavy atom. The number of aliphatic hydroxyl groups excluding tert-OH is 1. The van der Waals surface area contributed by atoms with Crippen LogP contribution >= 0.6 is 0 Å². The molecule has 0 unspecified atom stereocenters. The highest BCUT2D eigenvalue weighted by Crippen LogP contribution is 2.56. The highest BCUT2D eigenvalue weighted by molar-refractivity contribution is 5.91. The van der Waals surface area contributed by atoms with Crippen LogP contribution in [0.3, 0.4) is 0 Å². The van der Waals surface area contributed by atoms with Crippen molar-refractivity contribution < 1.29 is 14.6 Å². The quantitative estimate of drug-likeness (QED) is 0.406. The van der Waals surface area contributed by atoms with Gasteiger partial charge in [0.2, 0.25) is 0 Å². The van der Waals surface area contributed by atoms with Crippen LogP contribution in [0, 0.1) is 17.3 Å². The van der Waals surface area contributed by atoms with Gasteiger partial charge < -0.3 is 9.84 Å². The molecule has 98 valence electrons. The van der Waals surface area contributed by atoms with Gasteiger partial charge in [-0.2, -0.15) is 0 Å². The Morgan fingerprint density at radius 2 is 2.28 bits per heavy atom. The molecule has 0 bridgehead atoms. The summed E-state index contributed by atoms with van der Waals surface area (Å²) in [5.41, 5.74) is 1.71. The molecule has 3 aliphatic rings. The van der Waals surface area contributed by atoms with Gasteiger partial charge in [-0.05, 0) is 26.2 Å². The lowest BCUT2D eigenvalue weighted by Gasteiger charge is -2.51. The number of hydrogen-bond acceptors (Lipinski definition) is 3. The Balaban J connectivity index is 2.03. The van der Waals surface area contributed by atoms with E-state index < -0.39 is 0 Å². The van der Waals surface area contributed by atoms with E-state index in [2.05, 4.69) is 26.5 Å². The second kappa shape index (κ2) is 3.70. The van der Waals surface area contributed by atoms with Crippen LogP contribution < -0.4 is 0 Å². The molecule has 2 aliphatic carbocycles. The van der Waals surface area contributed by atoms with Gasteiger partial charge in [-0.25, -0.2) is 4.79 Å². The van der Waals surface area contributed by atoms with Gasteiger partial charge in [0.15, 0.2) is 0 Å². The first-order valence-corrected chi connectivity index (χ1v) is 6.69. The maximum absolute atomic E-state index is 11.7. The van der Waals surface area contributed by atoms with E-state index in [4.69, 9.17) is 4.74 Å². The molecule has 1 heterocycles. The van der Waals surface area contributed by atoms with Crippen molar-refractivity contribution in [3.63, 3.8) is 0 Å². The topological polar surface area (TPSA) is 46.5 Å². The fourth-order valence-electron chi connectivity index (χ4n) is 4.11. The molecule has 5 atom stereocenters. The highest BCUT2D eigenvalue weighted by atomic mass is 16.6. The number of fused-ring (bicyclic) bond motifs is 3. The second-order valence-electron chi connectivity index (χ2n) is 6.22. The van der Waals surface area contributed by atoms with Crippen molar-refractivity contribution in [3.8, 4) is 0 Å². The molecule has 2 fully saturated rings. The molecule has 0 spiro atoms. The first-order chi connectivity index (χ1) is 8.45. The van der Waals surface area contributed by atoms with E-state index in [1.165, 1.54) is 5.57 Å². The van der Waals surface area contributed by atoms with Crippen molar-refractivity contribution in [2.75, 3.05) is 0 Å². The van der Waals surface area contributed by atoms with E-state index in [-0.39, 0.29) is 35.4 Å². The molecule has 3 rings (SSSR count). The van der Waals surface area contributed by atoms with Gasteiger partial charge in [0.25, 0.3) is 0 Å². The lowest BCUT2D eigenvalue weighted by molar-refractivity contribution is -0.149. The van der Waals surface area contributed by atoms with E-state index in [1.807, 2.05) is 0 Å². The summed E-state index contributed by atoms with van der Waals surface area (Å²) in [7, 11) is 0. The summed E-state index contributed by atoms with van der Waals surface area (Å²) in [6.45, 7) is 8.09. The monoisotopic (exact) mass is 248 g/mol. The summed E-state index contributed by atoms with van der Waals surface area (Å²) in [4.78, 5) is 11.7. The predicted octanol–water partition coefficient (Wildman–Crippen LogP) is 2.21. The van der Waals surface area contributed by atoms with Crippen molar-refractivity contribution in [3.05, 3.63) is 23.8 Å². The lowest BCUT2D eigenvalue weighted by atomic mass is 9.55. The minimum atomic E-state index is -0.334. The average molecular weight is 248 g/mol. The number of aliphatic hydroxyl groups is 1. The smallest absolute Gasteiger partial charge is 0.334 e. The molecular weight excluding hydrogens is 228 g/mol. The Hall–Kier alpha value is -1.09. The van der Waals surface area contributed by atoms with E-state index >= 15 is 0 Å². The second-order valence-corrected chi connectivity index (χ2v) is 6.22. The molecule has 0 aromatic carbocycles. The summed E-state index contributed by atoms with van der Waals surface area (Å²) < 4.78 is 5.54. The molecule has 0 aromatic heterocycles. The summed E-state index contributed by atoms with van der Waals surface area (Å²) >= 11 is 0. The van der Waals surface area contributed by atoms with Gasteiger partial charge in [0.05, 0.1) is 6.10 Å². The number of ether oxygens (including phenoxy) is 1. The van der Waals surface area contributed by atoms with Crippen LogP contribution in [0.1, 0.15) is 33.1 Å². The first kappa shape index (κ1) is 12.0. The standard InChI is InChI=1S/C15H20O3/c1-8-4-5-11(16)15(3)7-6-10-9(2)14(17)18-13(10)12(8)15/h4,10-13,16H,2,5-7H2,1,3H3/t10-,11-,12-,13-,15-/m1/s1. The number of esters is 1. The zero-order chi connectivity index (χ0) is 13.1. The minimum absolute atomic E-state index is 0.116. The van der Waals surface area contributed by atoms with Crippen LogP contribution in [0.15, 0.2) is 23.8 Å². The Kier molecular flexibility index (Phi) is 2.46. The van der Waals surface area contributed by atoms with Crippen LogP contribution in [0.4, 0.5) is 0 Å². The summed E-state index contributed by atoms with van der Waals surface area (Å²) in [6.07, 6.45) is 4.18. The van der Waals surface area contributed by atoms with Gasteiger partial charge in [-0.15, -0.1) is 0 Å². The first-order valence-electron chi connectivity index (χ1n) is 6.69. The van der Waals surface area contributed by atoms with Crippen LogP contribution in [0.25, 0.3) is 0 Å². The Labute approximate surface area is 108 Å². The molecule has 1 saturated heterocycles. The summed E-state index contributed by atoms with van der Waals surface area (Å²) in [5.74, 6) is 0.0366. The lowest BCUT2D eigenvalue weighted by Crippen LogP contribution is -2.52. The van der Waals surface area contributed by atoms with E-state index in [9.17, 15) is 9.90 Å². The number of carbonyl (C=O) groups excluding carboxylic acids is 1. The minimum Gasteiger partial charge on any atom is -0.458 e. The maximum Gasteiger partial charge on any atom is 0.334 e. The Bertz CT molecular complexity index is 451. The van der Waals surface area contributed by atoms with E-state index in [0.717, 1.165) is 12.8 Å². The van der Waals surface area contributed by atoms with E-state index in [0.29, 0.717) is 12.0 Å².